The van der Waals surface area contributed by atoms with Gasteiger partial charge in [0.2, 0.25) is 0 Å². The molecule has 0 aliphatic heterocycles. The van der Waals surface area contributed by atoms with E-state index in [2.05, 4.69) is 5.32 Å². The Morgan fingerprint density at radius 1 is 1.14 bits per heavy atom. The quantitative estimate of drug-likeness (QED) is 0.498. The lowest BCUT2D eigenvalue weighted by Crippen LogP contribution is -2.21. The number of esters is 1. The fourth-order valence-electron chi connectivity index (χ4n) is 2.71. The third-order valence-electron chi connectivity index (χ3n) is 4.04. The van der Waals surface area contributed by atoms with E-state index in [0.29, 0.717) is 26.9 Å². The second-order valence-electron chi connectivity index (χ2n) is 6.23. The number of anilines is 1. The molecule has 0 fully saturated rings. The van der Waals surface area contributed by atoms with E-state index in [0.717, 1.165) is 11.1 Å². The summed E-state index contributed by atoms with van der Waals surface area (Å²) >= 11 is 7.22. The second kappa shape index (κ2) is 9.58. The molecule has 0 saturated heterocycles. The summed E-state index contributed by atoms with van der Waals surface area (Å²) in [5, 5.41) is 5.60. The van der Waals surface area contributed by atoms with Gasteiger partial charge in [-0.25, -0.2) is 4.79 Å². The molecule has 5 nitrogen and oxygen atoms in total. The van der Waals surface area contributed by atoms with Gasteiger partial charge in [0.05, 0.1) is 6.61 Å². The van der Waals surface area contributed by atoms with Gasteiger partial charge < -0.3 is 14.8 Å². The van der Waals surface area contributed by atoms with E-state index in [1.54, 1.807) is 25.1 Å². The van der Waals surface area contributed by atoms with Crippen molar-refractivity contribution in [1.29, 1.82) is 0 Å². The first-order valence-electron chi connectivity index (χ1n) is 9.01. The highest BCUT2D eigenvalue weighted by Gasteiger charge is 2.23. The number of thiophene rings is 1. The van der Waals surface area contributed by atoms with Crippen molar-refractivity contribution in [2.45, 2.75) is 13.8 Å². The maximum atomic E-state index is 12.6. The van der Waals surface area contributed by atoms with Crippen molar-refractivity contribution in [3.63, 3.8) is 0 Å². The van der Waals surface area contributed by atoms with Gasteiger partial charge in [-0.15, -0.1) is 11.3 Å². The normalized spacial score (nSPS) is 10.4. The van der Waals surface area contributed by atoms with E-state index in [1.807, 2.05) is 42.6 Å². The molecule has 0 aliphatic carbocycles. The van der Waals surface area contributed by atoms with Crippen LogP contribution in [-0.4, -0.2) is 25.1 Å². The van der Waals surface area contributed by atoms with E-state index in [9.17, 15) is 9.59 Å². The number of ether oxygens (including phenoxy) is 2. The summed E-state index contributed by atoms with van der Waals surface area (Å²) in [5.41, 5.74) is 2.85. The standard InChI is InChI=1S/C22H20ClNO4S/c1-3-27-22(26)20-18(15-7-9-16(23)10-8-15)13-29-21(20)24-19(25)12-28-17-6-4-5-14(2)11-17/h4-11,13H,3,12H2,1-2H3,(H,24,25). The minimum atomic E-state index is -0.492. The molecule has 29 heavy (non-hydrogen) atoms. The van der Waals surface area contributed by atoms with E-state index >= 15 is 0 Å². The minimum absolute atomic E-state index is 0.167. The smallest absolute Gasteiger partial charge is 0.341 e. The van der Waals surface area contributed by atoms with Gasteiger partial charge in [0.1, 0.15) is 16.3 Å². The third kappa shape index (κ3) is 5.37. The average Bonchev–Trinajstić information content (AvgIpc) is 3.11. The summed E-state index contributed by atoms with van der Waals surface area (Å²) < 4.78 is 10.7. The van der Waals surface area contributed by atoms with Gasteiger partial charge in [0.25, 0.3) is 5.91 Å². The van der Waals surface area contributed by atoms with E-state index in [1.165, 1.54) is 11.3 Å². The Kier molecular flexibility index (Phi) is 6.90. The molecule has 0 unspecified atom stereocenters. The Bertz CT molecular complexity index is 1010. The number of aryl methyl sites for hydroxylation is 1. The van der Waals surface area contributed by atoms with Gasteiger partial charge in [-0.3, -0.25) is 4.79 Å². The van der Waals surface area contributed by atoms with Crippen LogP contribution in [0.5, 0.6) is 5.75 Å². The van der Waals surface area contributed by atoms with Crippen molar-refractivity contribution < 1.29 is 19.1 Å². The second-order valence-corrected chi connectivity index (χ2v) is 7.55. The van der Waals surface area contributed by atoms with Gasteiger partial charge in [-0.2, -0.15) is 0 Å². The molecule has 0 spiro atoms. The van der Waals surface area contributed by atoms with Gasteiger partial charge >= 0.3 is 5.97 Å². The van der Waals surface area contributed by atoms with Crippen LogP contribution in [0.25, 0.3) is 11.1 Å². The molecule has 1 heterocycles. The zero-order valence-corrected chi connectivity index (χ0v) is 17.6. The van der Waals surface area contributed by atoms with Crippen molar-refractivity contribution in [3.8, 4) is 16.9 Å². The summed E-state index contributed by atoms with van der Waals surface area (Å²) in [6, 6.07) is 14.6. The van der Waals surface area contributed by atoms with Crippen LogP contribution in [0.1, 0.15) is 22.8 Å². The van der Waals surface area contributed by atoms with Crippen LogP contribution in [0, 0.1) is 6.92 Å². The lowest BCUT2D eigenvalue weighted by molar-refractivity contribution is -0.118. The zero-order valence-electron chi connectivity index (χ0n) is 16.0. The molecular weight excluding hydrogens is 410 g/mol. The number of benzene rings is 2. The highest BCUT2D eigenvalue weighted by Crippen LogP contribution is 2.36. The Labute approximate surface area is 178 Å². The maximum Gasteiger partial charge on any atom is 0.341 e. The van der Waals surface area contributed by atoms with Gasteiger partial charge in [0.15, 0.2) is 6.61 Å². The van der Waals surface area contributed by atoms with Crippen molar-refractivity contribution in [3.05, 3.63) is 70.1 Å². The van der Waals surface area contributed by atoms with Crippen molar-refractivity contribution in [1.82, 2.24) is 0 Å². The molecule has 2 aromatic carbocycles. The summed E-state index contributed by atoms with van der Waals surface area (Å²) in [7, 11) is 0. The van der Waals surface area contributed by atoms with Crippen LogP contribution in [0.3, 0.4) is 0 Å². The third-order valence-corrected chi connectivity index (χ3v) is 5.19. The Hall–Kier alpha value is -2.83. The molecule has 3 rings (SSSR count). The molecule has 1 amide bonds. The topological polar surface area (TPSA) is 64.6 Å². The van der Waals surface area contributed by atoms with E-state index in [-0.39, 0.29) is 19.1 Å². The van der Waals surface area contributed by atoms with Crippen LogP contribution in [0.4, 0.5) is 5.00 Å². The lowest BCUT2D eigenvalue weighted by atomic mass is 10.0. The van der Waals surface area contributed by atoms with Crippen LogP contribution in [-0.2, 0) is 9.53 Å². The summed E-state index contributed by atoms with van der Waals surface area (Å²) in [6.07, 6.45) is 0. The number of hydrogen-bond donors (Lipinski definition) is 1. The molecule has 1 N–H and O–H groups in total. The Balaban J connectivity index is 1.79. The van der Waals surface area contributed by atoms with Crippen molar-refractivity contribution >= 4 is 39.8 Å². The van der Waals surface area contributed by atoms with Gasteiger partial charge in [-0.05, 0) is 49.2 Å². The predicted octanol–water partition coefficient (Wildman–Crippen LogP) is 5.57. The van der Waals surface area contributed by atoms with Gasteiger partial charge in [-0.1, -0.05) is 35.9 Å². The summed E-state index contributed by atoms with van der Waals surface area (Å²) in [5.74, 6) is -0.242. The SMILES string of the molecule is CCOC(=O)c1c(-c2ccc(Cl)cc2)csc1NC(=O)COc1cccc(C)c1. The number of halogens is 1. The first-order chi connectivity index (χ1) is 14.0. The lowest BCUT2D eigenvalue weighted by Gasteiger charge is -2.10. The van der Waals surface area contributed by atoms with Crippen LogP contribution in [0.2, 0.25) is 5.02 Å². The molecule has 3 aromatic rings. The zero-order chi connectivity index (χ0) is 20.8. The fourth-order valence-corrected chi connectivity index (χ4v) is 3.81. The number of carbonyl (C=O) groups is 2. The van der Waals surface area contributed by atoms with E-state index in [4.69, 9.17) is 21.1 Å². The highest BCUT2D eigenvalue weighted by molar-refractivity contribution is 7.15. The number of nitrogens with one attached hydrogen (secondary N) is 1. The molecule has 0 bridgehead atoms. The molecule has 0 atom stereocenters. The highest BCUT2D eigenvalue weighted by atomic mass is 35.5. The van der Waals surface area contributed by atoms with Crippen LogP contribution >= 0.6 is 22.9 Å². The summed E-state index contributed by atoms with van der Waals surface area (Å²) in [6.45, 7) is 3.75. The van der Waals surface area contributed by atoms with Crippen LogP contribution in [0.15, 0.2) is 53.9 Å². The molecule has 1 aromatic heterocycles. The molecule has 0 aliphatic rings. The molecule has 0 saturated carbocycles. The average molecular weight is 430 g/mol. The van der Waals surface area contributed by atoms with Crippen molar-refractivity contribution in [2.24, 2.45) is 0 Å². The first kappa shape index (κ1) is 20.9. The molecular formula is C22H20ClNO4S. The van der Waals surface area contributed by atoms with Gasteiger partial charge in [0, 0.05) is 16.0 Å². The molecule has 0 radical (unpaired) electrons. The largest absolute Gasteiger partial charge is 0.484 e. The van der Waals surface area contributed by atoms with Crippen molar-refractivity contribution in [2.75, 3.05) is 18.5 Å². The van der Waals surface area contributed by atoms with E-state index < -0.39 is 5.97 Å². The number of carbonyl (C=O) groups excluding carboxylic acids is 2. The number of hydrogen-bond acceptors (Lipinski definition) is 5. The fraction of sp³-hybridized carbons (Fsp3) is 0.182. The number of amides is 1. The number of rotatable bonds is 7. The van der Waals surface area contributed by atoms with Crippen LogP contribution < -0.4 is 10.1 Å². The Morgan fingerprint density at radius 2 is 1.90 bits per heavy atom. The minimum Gasteiger partial charge on any atom is -0.484 e. The molecule has 7 heteroatoms. The monoisotopic (exact) mass is 429 g/mol. The molecule has 150 valence electrons. The summed E-state index contributed by atoms with van der Waals surface area (Å²) in [4.78, 5) is 25.0. The first-order valence-corrected chi connectivity index (χ1v) is 10.3. The Morgan fingerprint density at radius 3 is 2.59 bits per heavy atom. The maximum absolute atomic E-state index is 12.6. The predicted molar refractivity (Wildman–Crippen MR) is 116 cm³/mol.